The molecule has 0 fully saturated rings. The molecule has 0 amide bonds. The number of benzene rings is 8. The maximum absolute atomic E-state index is 5.17. The van der Waals surface area contributed by atoms with Crippen molar-refractivity contribution in [1.29, 1.82) is 0 Å². The van der Waals surface area contributed by atoms with Crippen LogP contribution in [-0.4, -0.2) is 9.97 Å². The third kappa shape index (κ3) is 4.62. The van der Waals surface area contributed by atoms with E-state index in [2.05, 4.69) is 146 Å². The molecule has 0 aliphatic rings. The zero-order valence-electron chi connectivity index (χ0n) is 26.5. The third-order valence-electron chi connectivity index (χ3n) is 9.67. The van der Waals surface area contributed by atoms with Crippen molar-refractivity contribution in [3.05, 3.63) is 170 Å². The topological polar surface area (TPSA) is 25.8 Å². The Kier molecular flexibility index (Phi) is 6.39. The SMILES string of the molecule is c1ccc(-c2cc(-c3ccc4c5ccccc5c5cccc(-c6ccc7c(c6)sc6ccccc67)c5c4c3)nc(-c3ccccc3)n2)cc1. The molecular weight excluding hydrogens is 613 g/mol. The molecule has 0 spiro atoms. The molecule has 0 N–H and O–H groups in total. The van der Waals surface area contributed by atoms with Crippen molar-refractivity contribution >= 4 is 63.8 Å². The van der Waals surface area contributed by atoms with Gasteiger partial charge in [0.1, 0.15) is 0 Å². The molecule has 49 heavy (non-hydrogen) atoms. The molecule has 0 atom stereocenters. The highest BCUT2D eigenvalue weighted by atomic mass is 32.1. The average molecular weight is 641 g/mol. The Labute approximate surface area is 287 Å². The second-order valence-corrected chi connectivity index (χ2v) is 13.6. The van der Waals surface area contributed by atoms with E-state index in [4.69, 9.17) is 9.97 Å². The van der Waals surface area contributed by atoms with Gasteiger partial charge in [-0.15, -0.1) is 11.3 Å². The second kappa shape index (κ2) is 11.2. The van der Waals surface area contributed by atoms with Crippen LogP contribution in [-0.2, 0) is 0 Å². The van der Waals surface area contributed by atoms with Crippen LogP contribution in [0.1, 0.15) is 0 Å². The summed E-state index contributed by atoms with van der Waals surface area (Å²) in [5.41, 5.74) is 7.41. The molecule has 0 saturated carbocycles. The van der Waals surface area contributed by atoms with E-state index in [1.807, 2.05) is 35.6 Å². The fourth-order valence-corrected chi connectivity index (χ4v) is 8.51. The lowest BCUT2D eigenvalue weighted by Gasteiger charge is -2.16. The van der Waals surface area contributed by atoms with Crippen molar-refractivity contribution in [2.24, 2.45) is 0 Å². The highest BCUT2D eigenvalue weighted by Gasteiger charge is 2.17. The molecule has 10 rings (SSSR count). The minimum atomic E-state index is 0.720. The first-order valence-corrected chi connectivity index (χ1v) is 17.4. The van der Waals surface area contributed by atoms with Crippen molar-refractivity contribution in [1.82, 2.24) is 9.97 Å². The van der Waals surface area contributed by atoms with E-state index in [9.17, 15) is 0 Å². The molecule has 0 unspecified atom stereocenters. The Morgan fingerprint density at radius 1 is 0.327 bits per heavy atom. The van der Waals surface area contributed by atoms with E-state index < -0.39 is 0 Å². The van der Waals surface area contributed by atoms with Crippen LogP contribution < -0.4 is 0 Å². The summed E-state index contributed by atoms with van der Waals surface area (Å²) in [6.45, 7) is 0. The number of rotatable bonds is 4. The Hall–Kier alpha value is -6.16. The maximum atomic E-state index is 5.17. The van der Waals surface area contributed by atoms with Gasteiger partial charge in [0.25, 0.3) is 0 Å². The fourth-order valence-electron chi connectivity index (χ4n) is 7.37. The zero-order valence-corrected chi connectivity index (χ0v) is 27.3. The number of fused-ring (bicyclic) bond motifs is 9. The first kappa shape index (κ1) is 27.9. The summed E-state index contributed by atoms with van der Waals surface area (Å²) in [7, 11) is 0. The van der Waals surface area contributed by atoms with Crippen LogP contribution in [0.25, 0.3) is 97.5 Å². The van der Waals surface area contributed by atoms with Crippen LogP contribution in [0.2, 0.25) is 0 Å². The molecule has 10 aromatic rings. The van der Waals surface area contributed by atoms with Gasteiger partial charge in [0.15, 0.2) is 5.82 Å². The Bertz CT molecular complexity index is 2810. The lowest BCUT2D eigenvalue weighted by atomic mass is 9.88. The molecule has 2 heterocycles. The highest BCUT2D eigenvalue weighted by Crippen LogP contribution is 2.43. The number of aromatic nitrogens is 2. The van der Waals surface area contributed by atoms with E-state index in [1.54, 1.807) is 0 Å². The Morgan fingerprint density at radius 2 is 0.898 bits per heavy atom. The van der Waals surface area contributed by atoms with Crippen molar-refractivity contribution in [2.75, 3.05) is 0 Å². The van der Waals surface area contributed by atoms with Gasteiger partial charge in [0, 0.05) is 36.9 Å². The van der Waals surface area contributed by atoms with Gasteiger partial charge in [-0.2, -0.15) is 0 Å². The van der Waals surface area contributed by atoms with Gasteiger partial charge in [-0.05, 0) is 67.7 Å². The summed E-state index contributed by atoms with van der Waals surface area (Å²) >= 11 is 1.87. The average Bonchev–Trinajstić information content (AvgIpc) is 3.56. The molecule has 228 valence electrons. The van der Waals surface area contributed by atoms with E-state index in [0.717, 1.165) is 33.9 Å². The van der Waals surface area contributed by atoms with E-state index >= 15 is 0 Å². The minimum absolute atomic E-state index is 0.720. The molecule has 2 aromatic heterocycles. The molecule has 0 aliphatic heterocycles. The van der Waals surface area contributed by atoms with E-state index in [-0.39, 0.29) is 0 Å². The van der Waals surface area contributed by atoms with Gasteiger partial charge in [-0.3, -0.25) is 0 Å². The van der Waals surface area contributed by atoms with Gasteiger partial charge in [0.05, 0.1) is 11.4 Å². The van der Waals surface area contributed by atoms with Gasteiger partial charge >= 0.3 is 0 Å². The van der Waals surface area contributed by atoms with Gasteiger partial charge in [-0.25, -0.2) is 9.97 Å². The molecule has 2 nitrogen and oxygen atoms in total. The summed E-state index contributed by atoms with van der Waals surface area (Å²) in [5.74, 6) is 0.720. The normalized spacial score (nSPS) is 11.7. The van der Waals surface area contributed by atoms with Crippen LogP contribution in [0.15, 0.2) is 170 Å². The summed E-state index contributed by atoms with van der Waals surface area (Å²) in [4.78, 5) is 10.2. The van der Waals surface area contributed by atoms with Crippen LogP contribution in [0.5, 0.6) is 0 Å². The predicted octanol–water partition coefficient (Wildman–Crippen LogP) is 13.0. The quantitative estimate of drug-likeness (QED) is 0.179. The molecule has 8 aromatic carbocycles. The van der Waals surface area contributed by atoms with Gasteiger partial charge in [0.2, 0.25) is 0 Å². The van der Waals surface area contributed by atoms with Crippen LogP contribution >= 0.6 is 11.3 Å². The molecule has 0 saturated heterocycles. The lowest BCUT2D eigenvalue weighted by molar-refractivity contribution is 1.18. The number of thiophene rings is 1. The minimum Gasteiger partial charge on any atom is -0.228 e. The summed E-state index contributed by atoms with van der Waals surface area (Å²) in [6, 6.07) is 60.9. The third-order valence-corrected chi connectivity index (χ3v) is 10.8. The van der Waals surface area contributed by atoms with Crippen LogP contribution in [0, 0.1) is 0 Å². The molecular formula is C46H28N2S. The Morgan fingerprint density at radius 3 is 1.69 bits per heavy atom. The maximum Gasteiger partial charge on any atom is 0.160 e. The van der Waals surface area contributed by atoms with Crippen molar-refractivity contribution in [3.8, 4) is 45.0 Å². The Balaban J connectivity index is 1.25. The molecule has 0 radical (unpaired) electrons. The van der Waals surface area contributed by atoms with Crippen molar-refractivity contribution in [3.63, 3.8) is 0 Å². The standard InChI is InChI=1S/C46H28N2S/c1-3-12-29(13-4-1)41-28-42(48-46(47-41)30-14-5-2-6-15-30)32-23-24-36-34-16-7-8-17-35(34)39-20-11-19-33(45(39)40(36)26-32)31-22-25-38-37-18-9-10-21-43(37)49-44(38)27-31/h1-28H. The van der Waals surface area contributed by atoms with Gasteiger partial charge in [-0.1, -0.05) is 146 Å². The number of hydrogen-bond donors (Lipinski definition) is 0. The zero-order chi connectivity index (χ0) is 32.3. The number of hydrogen-bond acceptors (Lipinski definition) is 3. The van der Waals surface area contributed by atoms with Gasteiger partial charge < -0.3 is 0 Å². The van der Waals surface area contributed by atoms with Crippen LogP contribution in [0.3, 0.4) is 0 Å². The summed E-state index contributed by atoms with van der Waals surface area (Å²) < 4.78 is 2.63. The monoisotopic (exact) mass is 640 g/mol. The van der Waals surface area contributed by atoms with Crippen molar-refractivity contribution < 1.29 is 0 Å². The second-order valence-electron chi connectivity index (χ2n) is 12.5. The largest absolute Gasteiger partial charge is 0.228 e. The van der Waals surface area contributed by atoms with E-state index in [1.165, 1.54) is 63.6 Å². The molecule has 0 aliphatic carbocycles. The highest BCUT2D eigenvalue weighted by molar-refractivity contribution is 7.25. The summed E-state index contributed by atoms with van der Waals surface area (Å²) in [6.07, 6.45) is 0. The van der Waals surface area contributed by atoms with Crippen LogP contribution in [0.4, 0.5) is 0 Å². The first-order valence-electron chi connectivity index (χ1n) is 16.6. The fraction of sp³-hybridized carbons (Fsp3) is 0. The smallest absolute Gasteiger partial charge is 0.160 e. The summed E-state index contributed by atoms with van der Waals surface area (Å²) in [5, 5.41) is 10.1. The van der Waals surface area contributed by atoms with Crippen molar-refractivity contribution in [2.45, 2.75) is 0 Å². The number of nitrogens with zero attached hydrogens (tertiary/aromatic N) is 2. The molecule has 0 bridgehead atoms. The molecule has 3 heteroatoms. The van der Waals surface area contributed by atoms with E-state index in [0.29, 0.717) is 0 Å². The first-order chi connectivity index (χ1) is 24.3. The predicted molar refractivity (Wildman–Crippen MR) is 209 cm³/mol. The lowest BCUT2D eigenvalue weighted by Crippen LogP contribution is -1.96.